The molecule has 0 aromatic heterocycles. The molecule has 1 aromatic carbocycles. The number of hydrogen-bond acceptors (Lipinski definition) is 3. The molecular weight excluding hydrogens is 250 g/mol. The van der Waals surface area contributed by atoms with Crippen LogP contribution in [0.4, 0.5) is 0 Å². The Bertz CT molecular complexity index is 456. The summed E-state index contributed by atoms with van der Waals surface area (Å²) >= 11 is 5.98. The Morgan fingerprint density at radius 3 is 2.61 bits per heavy atom. The van der Waals surface area contributed by atoms with Crippen molar-refractivity contribution in [2.24, 2.45) is 0 Å². The summed E-state index contributed by atoms with van der Waals surface area (Å²) in [5, 5.41) is 9.25. The fraction of sp³-hybridized carbons (Fsp3) is 0.500. The van der Waals surface area contributed by atoms with Gasteiger partial charge in [0.15, 0.2) is 0 Å². The van der Waals surface area contributed by atoms with Gasteiger partial charge in [-0.05, 0) is 31.4 Å². The van der Waals surface area contributed by atoms with Crippen LogP contribution in [0.15, 0.2) is 18.2 Å². The van der Waals surface area contributed by atoms with Crippen molar-refractivity contribution < 1.29 is 9.47 Å². The summed E-state index contributed by atoms with van der Waals surface area (Å²) in [7, 11) is 1.72. The van der Waals surface area contributed by atoms with Crippen molar-refractivity contribution in [3.8, 4) is 11.8 Å². The third kappa shape index (κ3) is 2.95. The zero-order valence-electron chi connectivity index (χ0n) is 10.4. The monoisotopic (exact) mass is 265 g/mol. The first-order valence-electron chi connectivity index (χ1n) is 6.13. The number of halogens is 1. The van der Waals surface area contributed by atoms with Crippen LogP contribution >= 0.6 is 11.6 Å². The van der Waals surface area contributed by atoms with Crippen molar-refractivity contribution in [3.05, 3.63) is 28.8 Å². The molecule has 2 rings (SSSR count). The van der Waals surface area contributed by atoms with E-state index in [0.29, 0.717) is 16.3 Å². The summed E-state index contributed by atoms with van der Waals surface area (Å²) in [6.45, 7) is 0. The van der Waals surface area contributed by atoms with Crippen molar-refractivity contribution in [3.63, 3.8) is 0 Å². The number of nitriles is 1. The van der Waals surface area contributed by atoms with Gasteiger partial charge >= 0.3 is 0 Å². The number of methoxy groups -OCH3 is 1. The topological polar surface area (TPSA) is 42.2 Å². The van der Waals surface area contributed by atoms with E-state index in [1.54, 1.807) is 25.3 Å². The first kappa shape index (κ1) is 13.2. The maximum Gasteiger partial charge on any atom is 0.125 e. The Morgan fingerprint density at radius 2 is 2.00 bits per heavy atom. The molecule has 1 fully saturated rings. The molecule has 4 heteroatoms. The lowest BCUT2D eigenvalue weighted by Gasteiger charge is -2.30. The minimum Gasteiger partial charge on any atom is -0.488 e. The Labute approximate surface area is 112 Å². The predicted molar refractivity (Wildman–Crippen MR) is 69.8 cm³/mol. The van der Waals surface area contributed by atoms with E-state index in [2.05, 4.69) is 0 Å². The van der Waals surface area contributed by atoms with E-state index in [1.807, 2.05) is 6.07 Å². The van der Waals surface area contributed by atoms with E-state index in [1.165, 1.54) is 6.42 Å². The van der Waals surface area contributed by atoms with Crippen LogP contribution in [0.25, 0.3) is 0 Å². The van der Waals surface area contributed by atoms with Gasteiger partial charge < -0.3 is 9.47 Å². The molecule has 0 N–H and O–H groups in total. The molecule has 0 aliphatic heterocycles. The second-order valence-corrected chi connectivity index (χ2v) is 4.88. The molecule has 1 aromatic rings. The van der Waals surface area contributed by atoms with Crippen molar-refractivity contribution in [1.29, 1.82) is 5.26 Å². The van der Waals surface area contributed by atoms with Crippen LogP contribution in [-0.2, 0) is 4.74 Å². The van der Waals surface area contributed by atoms with Gasteiger partial charge in [0.2, 0.25) is 0 Å². The highest BCUT2D eigenvalue weighted by Gasteiger charge is 2.26. The molecule has 1 aliphatic rings. The minimum absolute atomic E-state index is 0.0766. The number of benzene rings is 1. The van der Waals surface area contributed by atoms with Gasteiger partial charge in [-0.3, -0.25) is 0 Å². The van der Waals surface area contributed by atoms with E-state index in [9.17, 15) is 0 Å². The Balaban J connectivity index is 2.08. The van der Waals surface area contributed by atoms with Crippen LogP contribution < -0.4 is 4.74 Å². The first-order valence-corrected chi connectivity index (χ1v) is 6.51. The smallest absolute Gasteiger partial charge is 0.125 e. The molecule has 0 spiro atoms. The minimum atomic E-state index is 0.0766. The van der Waals surface area contributed by atoms with Gasteiger partial charge in [0.1, 0.15) is 17.9 Å². The van der Waals surface area contributed by atoms with Crippen LogP contribution in [0, 0.1) is 11.3 Å². The zero-order chi connectivity index (χ0) is 13.0. The quantitative estimate of drug-likeness (QED) is 0.839. The third-order valence-electron chi connectivity index (χ3n) is 3.29. The Kier molecular flexibility index (Phi) is 4.46. The van der Waals surface area contributed by atoms with Crippen LogP contribution in [0.2, 0.25) is 5.02 Å². The molecule has 0 saturated heterocycles. The fourth-order valence-electron chi connectivity index (χ4n) is 2.30. The maximum atomic E-state index is 8.82. The largest absolute Gasteiger partial charge is 0.488 e. The maximum absolute atomic E-state index is 8.82. The fourth-order valence-corrected chi connectivity index (χ4v) is 2.51. The molecule has 0 radical (unpaired) electrons. The standard InChI is InChI=1S/C14H16ClNO2/c1-17-13-4-2-3-5-14(13)18-11-7-6-10(9-16)12(15)8-11/h6-8,13-14H,2-5H2,1H3/t13?,14-/m1/s1. The van der Waals surface area contributed by atoms with Crippen molar-refractivity contribution in [2.75, 3.05) is 7.11 Å². The van der Waals surface area contributed by atoms with Gasteiger partial charge in [0.05, 0.1) is 16.7 Å². The van der Waals surface area contributed by atoms with Crippen LogP contribution in [0.1, 0.15) is 31.2 Å². The van der Waals surface area contributed by atoms with Gasteiger partial charge in [0.25, 0.3) is 0 Å². The second-order valence-electron chi connectivity index (χ2n) is 4.47. The lowest BCUT2D eigenvalue weighted by atomic mass is 9.94. The van der Waals surface area contributed by atoms with Gasteiger partial charge in [-0.25, -0.2) is 0 Å². The summed E-state index contributed by atoms with van der Waals surface area (Å²) in [6, 6.07) is 7.20. The normalized spacial score (nSPS) is 23.4. The SMILES string of the molecule is COC1CCCC[C@H]1Oc1ccc(C#N)c(Cl)c1. The van der Waals surface area contributed by atoms with Crippen LogP contribution in [-0.4, -0.2) is 19.3 Å². The first-order chi connectivity index (χ1) is 8.74. The number of hydrogen-bond donors (Lipinski definition) is 0. The van der Waals surface area contributed by atoms with E-state index in [4.69, 9.17) is 26.3 Å². The molecule has 1 aliphatic carbocycles. The second kappa shape index (κ2) is 6.08. The predicted octanol–water partition coefficient (Wildman–Crippen LogP) is 3.55. The Hall–Kier alpha value is -1.24. The molecule has 2 atom stereocenters. The molecule has 3 nitrogen and oxygen atoms in total. The van der Waals surface area contributed by atoms with Crippen molar-refractivity contribution in [1.82, 2.24) is 0 Å². The van der Waals surface area contributed by atoms with E-state index >= 15 is 0 Å². The van der Waals surface area contributed by atoms with Gasteiger partial charge in [0, 0.05) is 13.2 Å². The summed E-state index contributed by atoms with van der Waals surface area (Å²) < 4.78 is 11.4. The molecule has 0 bridgehead atoms. The van der Waals surface area contributed by atoms with Gasteiger partial charge in [-0.15, -0.1) is 0 Å². The molecule has 1 saturated carbocycles. The average molecular weight is 266 g/mol. The van der Waals surface area contributed by atoms with Crippen molar-refractivity contribution in [2.45, 2.75) is 37.9 Å². The highest BCUT2D eigenvalue weighted by atomic mass is 35.5. The molecule has 0 heterocycles. The summed E-state index contributed by atoms with van der Waals surface area (Å²) in [4.78, 5) is 0. The molecular formula is C14H16ClNO2. The number of rotatable bonds is 3. The van der Waals surface area contributed by atoms with E-state index in [-0.39, 0.29) is 12.2 Å². The van der Waals surface area contributed by atoms with Gasteiger partial charge in [-0.2, -0.15) is 5.26 Å². The number of nitrogens with zero attached hydrogens (tertiary/aromatic N) is 1. The molecule has 96 valence electrons. The van der Waals surface area contributed by atoms with Gasteiger partial charge in [-0.1, -0.05) is 18.0 Å². The Morgan fingerprint density at radius 1 is 1.28 bits per heavy atom. The van der Waals surface area contributed by atoms with Crippen molar-refractivity contribution >= 4 is 11.6 Å². The lowest BCUT2D eigenvalue weighted by molar-refractivity contribution is -0.0229. The lowest BCUT2D eigenvalue weighted by Crippen LogP contribution is -2.36. The molecule has 1 unspecified atom stereocenters. The summed E-state index contributed by atoms with van der Waals surface area (Å²) in [5.74, 6) is 0.702. The number of ether oxygens (including phenoxy) is 2. The molecule has 0 amide bonds. The highest BCUT2D eigenvalue weighted by molar-refractivity contribution is 6.31. The van der Waals surface area contributed by atoms with Crippen LogP contribution in [0.3, 0.4) is 0 Å². The van der Waals surface area contributed by atoms with E-state index in [0.717, 1.165) is 19.3 Å². The summed E-state index contributed by atoms with van der Waals surface area (Å²) in [6.07, 6.45) is 4.60. The van der Waals surface area contributed by atoms with E-state index < -0.39 is 0 Å². The van der Waals surface area contributed by atoms with Crippen LogP contribution in [0.5, 0.6) is 5.75 Å². The molecule has 18 heavy (non-hydrogen) atoms. The summed E-state index contributed by atoms with van der Waals surface area (Å²) in [5.41, 5.74) is 0.468. The third-order valence-corrected chi connectivity index (χ3v) is 3.61. The highest BCUT2D eigenvalue weighted by Crippen LogP contribution is 2.28. The zero-order valence-corrected chi connectivity index (χ0v) is 11.1. The average Bonchev–Trinajstić information content (AvgIpc) is 2.39.